The molecule has 0 bridgehead atoms. The summed E-state index contributed by atoms with van der Waals surface area (Å²) in [5.74, 6) is -0.934. The van der Waals surface area contributed by atoms with Crippen LogP contribution in [0.15, 0.2) is 109 Å². The predicted octanol–water partition coefficient (Wildman–Crippen LogP) is 23.4. The van der Waals surface area contributed by atoms with Crippen LogP contribution in [0.5, 0.6) is 0 Å². The molecular formula is C74H126O6. The fourth-order valence-corrected chi connectivity index (χ4v) is 9.45. The first-order chi connectivity index (χ1) is 39.5. The van der Waals surface area contributed by atoms with Gasteiger partial charge in [-0.25, -0.2) is 0 Å². The lowest BCUT2D eigenvalue weighted by Crippen LogP contribution is -2.30. The quantitative estimate of drug-likeness (QED) is 0.0261. The van der Waals surface area contributed by atoms with Gasteiger partial charge in [0.1, 0.15) is 13.2 Å². The lowest BCUT2D eigenvalue weighted by molar-refractivity contribution is -0.167. The summed E-state index contributed by atoms with van der Waals surface area (Å²) >= 11 is 0. The standard InChI is InChI=1S/C74H126O6/c1-4-7-10-13-16-19-22-25-28-31-33-34-35-36-37-38-39-40-42-43-46-49-52-55-58-61-64-67-73(76)79-70-71(69-78-72(75)66-63-60-57-54-51-48-45-30-27-24-21-18-15-12-9-6-3)80-74(77)68-65-62-59-56-53-50-47-44-41-32-29-26-23-20-17-14-11-8-5-2/h7,10,16,19,25,28,30,33-34,36-37,39-40,43,45-46,52,55,71H,4-6,8-9,11-15,17-18,20-24,26-27,29,31-32,35,38,41-42,44,47-51,53-54,56-70H2,1-3H3/b10-7-,19-16-,28-25-,34-33-,37-36-,40-39-,45-30-,46-43-,55-52-. The average Bonchev–Trinajstić information content (AvgIpc) is 3.46. The minimum atomic E-state index is -0.801. The summed E-state index contributed by atoms with van der Waals surface area (Å²) in [6, 6.07) is 0. The molecule has 0 N–H and O–H groups in total. The molecule has 0 radical (unpaired) electrons. The van der Waals surface area contributed by atoms with Gasteiger partial charge in [-0.15, -0.1) is 0 Å². The first-order valence-electron chi connectivity index (χ1n) is 33.9. The zero-order valence-electron chi connectivity index (χ0n) is 52.6. The van der Waals surface area contributed by atoms with Crippen LogP contribution < -0.4 is 0 Å². The SMILES string of the molecule is CC/C=C\C/C=C\C/C=C\C/C=C\C/C=C\C/C=C\C/C=C\C/C=C\CCCCC(=O)OCC(COC(=O)CCCCCCC/C=C\CCCCCCCCC)OC(=O)CCCCCCCCCCCCCCCCCCCCC. The molecule has 0 amide bonds. The molecule has 458 valence electrons. The maximum Gasteiger partial charge on any atom is 0.306 e. The van der Waals surface area contributed by atoms with Gasteiger partial charge in [-0.05, 0) is 109 Å². The summed E-state index contributed by atoms with van der Waals surface area (Å²) < 4.78 is 16.9. The van der Waals surface area contributed by atoms with Crippen LogP contribution in [0.1, 0.15) is 323 Å². The van der Waals surface area contributed by atoms with Crippen molar-refractivity contribution in [3.63, 3.8) is 0 Å². The number of hydrogen-bond donors (Lipinski definition) is 0. The number of carbonyl (C=O) groups is 3. The smallest absolute Gasteiger partial charge is 0.306 e. The zero-order chi connectivity index (χ0) is 57.8. The van der Waals surface area contributed by atoms with Crippen molar-refractivity contribution in [2.45, 2.75) is 329 Å². The van der Waals surface area contributed by atoms with Crippen LogP contribution in [0.2, 0.25) is 0 Å². The molecule has 0 aliphatic rings. The van der Waals surface area contributed by atoms with Crippen LogP contribution in [0, 0.1) is 0 Å². The maximum absolute atomic E-state index is 12.9. The number of allylic oxidation sites excluding steroid dienone is 18. The highest BCUT2D eigenvalue weighted by Gasteiger charge is 2.19. The summed E-state index contributed by atoms with van der Waals surface area (Å²) in [4.78, 5) is 38.4. The average molecular weight is 1110 g/mol. The molecule has 6 nitrogen and oxygen atoms in total. The number of ether oxygens (including phenoxy) is 3. The molecule has 1 unspecified atom stereocenters. The zero-order valence-corrected chi connectivity index (χ0v) is 52.6. The fraction of sp³-hybridized carbons (Fsp3) is 0.716. The Hall–Kier alpha value is -3.93. The third-order valence-corrected chi connectivity index (χ3v) is 14.5. The Morgan fingerprint density at radius 3 is 0.800 bits per heavy atom. The van der Waals surface area contributed by atoms with Crippen LogP contribution in [0.25, 0.3) is 0 Å². The minimum Gasteiger partial charge on any atom is -0.462 e. The van der Waals surface area contributed by atoms with Crippen molar-refractivity contribution < 1.29 is 28.6 Å². The molecule has 0 rings (SSSR count). The number of rotatable bonds is 61. The van der Waals surface area contributed by atoms with E-state index in [9.17, 15) is 14.4 Å². The Labute approximate surface area is 495 Å². The van der Waals surface area contributed by atoms with Crippen LogP contribution in [0.3, 0.4) is 0 Å². The van der Waals surface area contributed by atoms with Gasteiger partial charge < -0.3 is 14.2 Å². The van der Waals surface area contributed by atoms with E-state index in [-0.39, 0.29) is 31.1 Å². The van der Waals surface area contributed by atoms with Gasteiger partial charge in [-0.3, -0.25) is 14.4 Å². The Bertz CT molecular complexity index is 1610. The molecule has 0 spiro atoms. The van der Waals surface area contributed by atoms with Gasteiger partial charge in [-0.1, -0.05) is 304 Å². The summed E-state index contributed by atoms with van der Waals surface area (Å²) in [5, 5.41) is 0. The van der Waals surface area contributed by atoms with Crippen LogP contribution in [-0.2, 0) is 28.6 Å². The van der Waals surface area contributed by atoms with E-state index < -0.39 is 6.10 Å². The summed E-state index contributed by atoms with van der Waals surface area (Å²) in [6.45, 7) is 6.52. The second-order valence-corrected chi connectivity index (χ2v) is 22.4. The van der Waals surface area contributed by atoms with Crippen molar-refractivity contribution >= 4 is 17.9 Å². The second kappa shape index (κ2) is 67.6. The van der Waals surface area contributed by atoms with Gasteiger partial charge >= 0.3 is 17.9 Å². The molecule has 0 aromatic heterocycles. The lowest BCUT2D eigenvalue weighted by atomic mass is 10.0. The molecule has 6 heteroatoms. The molecule has 0 heterocycles. The summed E-state index contributed by atoms with van der Waals surface area (Å²) in [7, 11) is 0. The highest BCUT2D eigenvalue weighted by atomic mass is 16.6. The van der Waals surface area contributed by atoms with E-state index >= 15 is 0 Å². The maximum atomic E-state index is 12.9. The van der Waals surface area contributed by atoms with Crippen molar-refractivity contribution in [2.24, 2.45) is 0 Å². The van der Waals surface area contributed by atoms with E-state index in [1.165, 1.54) is 167 Å². The Kier molecular flexibility index (Phi) is 64.3. The molecule has 0 aliphatic heterocycles. The molecule has 0 saturated heterocycles. The number of carbonyl (C=O) groups excluding carboxylic acids is 3. The fourth-order valence-electron chi connectivity index (χ4n) is 9.45. The molecular weight excluding hydrogens is 985 g/mol. The highest BCUT2D eigenvalue weighted by molar-refractivity contribution is 5.71. The van der Waals surface area contributed by atoms with Crippen molar-refractivity contribution in [1.29, 1.82) is 0 Å². The van der Waals surface area contributed by atoms with E-state index in [0.717, 1.165) is 116 Å². The van der Waals surface area contributed by atoms with Crippen LogP contribution >= 0.6 is 0 Å². The van der Waals surface area contributed by atoms with Crippen LogP contribution in [-0.4, -0.2) is 37.2 Å². The largest absolute Gasteiger partial charge is 0.462 e. The molecule has 0 aliphatic carbocycles. The third kappa shape index (κ3) is 64.9. The first-order valence-corrected chi connectivity index (χ1v) is 33.9. The second-order valence-electron chi connectivity index (χ2n) is 22.4. The normalized spacial score (nSPS) is 12.8. The van der Waals surface area contributed by atoms with E-state index in [1.807, 2.05) is 0 Å². The van der Waals surface area contributed by atoms with Crippen LogP contribution in [0.4, 0.5) is 0 Å². The van der Waals surface area contributed by atoms with E-state index in [0.29, 0.717) is 19.3 Å². The van der Waals surface area contributed by atoms with Crippen molar-refractivity contribution in [3.8, 4) is 0 Å². The van der Waals surface area contributed by atoms with Gasteiger partial charge in [0.15, 0.2) is 6.10 Å². The molecule has 1 atom stereocenters. The van der Waals surface area contributed by atoms with Gasteiger partial charge in [0, 0.05) is 19.3 Å². The topological polar surface area (TPSA) is 78.9 Å². The lowest BCUT2D eigenvalue weighted by Gasteiger charge is -2.18. The Morgan fingerprint density at radius 2 is 0.487 bits per heavy atom. The Morgan fingerprint density at radius 1 is 0.263 bits per heavy atom. The van der Waals surface area contributed by atoms with E-state index in [2.05, 4.69) is 130 Å². The number of esters is 3. The Balaban J connectivity index is 4.44. The predicted molar refractivity (Wildman–Crippen MR) is 348 cm³/mol. The van der Waals surface area contributed by atoms with Gasteiger partial charge in [0.2, 0.25) is 0 Å². The minimum absolute atomic E-state index is 0.0944. The monoisotopic (exact) mass is 1110 g/mol. The molecule has 0 aromatic rings. The number of hydrogen-bond acceptors (Lipinski definition) is 6. The highest BCUT2D eigenvalue weighted by Crippen LogP contribution is 2.17. The summed E-state index contributed by atoms with van der Waals surface area (Å²) in [5.41, 5.74) is 0. The van der Waals surface area contributed by atoms with Gasteiger partial charge in [0.05, 0.1) is 0 Å². The third-order valence-electron chi connectivity index (χ3n) is 14.5. The van der Waals surface area contributed by atoms with Crippen molar-refractivity contribution in [2.75, 3.05) is 13.2 Å². The van der Waals surface area contributed by atoms with Crippen molar-refractivity contribution in [1.82, 2.24) is 0 Å². The molecule has 0 aromatic carbocycles. The van der Waals surface area contributed by atoms with E-state index in [1.54, 1.807) is 0 Å². The molecule has 0 fully saturated rings. The van der Waals surface area contributed by atoms with Gasteiger partial charge in [-0.2, -0.15) is 0 Å². The molecule has 0 saturated carbocycles. The van der Waals surface area contributed by atoms with Crippen molar-refractivity contribution in [3.05, 3.63) is 109 Å². The summed E-state index contributed by atoms with van der Waals surface area (Å²) in [6.07, 6.45) is 92.4. The first kappa shape index (κ1) is 76.1. The van der Waals surface area contributed by atoms with E-state index in [4.69, 9.17) is 14.2 Å². The van der Waals surface area contributed by atoms with Gasteiger partial charge in [0.25, 0.3) is 0 Å². The molecule has 80 heavy (non-hydrogen) atoms. The number of unbranched alkanes of at least 4 members (excludes halogenated alkanes) is 32.